The van der Waals surface area contributed by atoms with Gasteiger partial charge in [0.05, 0.1) is 6.04 Å². The van der Waals surface area contributed by atoms with E-state index in [2.05, 4.69) is 10.6 Å². The fourth-order valence-electron chi connectivity index (χ4n) is 4.77. The van der Waals surface area contributed by atoms with Crippen molar-refractivity contribution in [3.63, 3.8) is 0 Å². The van der Waals surface area contributed by atoms with Crippen molar-refractivity contribution in [3.05, 3.63) is 0 Å². The summed E-state index contributed by atoms with van der Waals surface area (Å²) in [5.74, 6) is -6.10. The molecule has 0 bridgehead atoms. The maximum absolute atomic E-state index is 13.3. The summed E-state index contributed by atoms with van der Waals surface area (Å²) in [5, 5.41) is 5.75. The fourth-order valence-corrected chi connectivity index (χ4v) is 4.77. The molecule has 0 aromatic carbocycles. The molecule has 1 rings (SSSR count). The first-order valence-electron chi connectivity index (χ1n) is 15.1. The van der Waals surface area contributed by atoms with E-state index >= 15 is 0 Å². The zero-order valence-corrected chi connectivity index (χ0v) is 26.1. The zero-order valence-electron chi connectivity index (χ0n) is 26.1. The third kappa shape index (κ3) is 14.5. The lowest BCUT2D eigenvalue weighted by atomic mass is 9.82. The van der Waals surface area contributed by atoms with Crippen LogP contribution in [0.2, 0.25) is 0 Å². The lowest BCUT2D eigenvalue weighted by molar-refractivity contribution is -0.197. The van der Waals surface area contributed by atoms with E-state index in [0.717, 1.165) is 0 Å². The number of nitrogens with zero attached hydrogens (tertiary/aromatic N) is 1. The summed E-state index contributed by atoms with van der Waals surface area (Å²) < 4.78 is 0. The smallest absolute Gasteiger partial charge is 0.333 e. The lowest BCUT2D eigenvalue weighted by Gasteiger charge is -2.24. The van der Waals surface area contributed by atoms with Gasteiger partial charge in [0.1, 0.15) is 11.6 Å². The molecule has 0 aromatic rings. The molecule has 44 heavy (non-hydrogen) atoms. The molecule has 14 nitrogen and oxygen atoms in total. The third-order valence-electron chi connectivity index (χ3n) is 7.33. The maximum atomic E-state index is 13.3. The average Bonchev–Trinajstić information content (AvgIpc) is 3.24. The van der Waals surface area contributed by atoms with Gasteiger partial charge in [-0.3, -0.25) is 38.4 Å². The number of Topliss-reactive ketones (excluding diaryl/α,β-unsaturated/α-hetero) is 3. The number of hydrogen-bond donors (Lipinski definition) is 3. The molecule has 3 unspecified atom stereocenters. The van der Waals surface area contributed by atoms with Gasteiger partial charge in [0.25, 0.3) is 11.8 Å². The minimum atomic E-state index is -0.949. The first-order chi connectivity index (χ1) is 20.6. The number of ketones is 3. The number of nitrogens with two attached hydrogens (primary N) is 1. The Bertz CT molecular complexity index is 1090. The van der Waals surface area contributed by atoms with Gasteiger partial charge in [-0.15, -0.1) is 5.06 Å². The van der Waals surface area contributed by atoms with Crippen molar-refractivity contribution in [2.24, 2.45) is 23.5 Å². The van der Waals surface area contributed by atoms with Crippen molar-refractivity contribution in [2.45, 2.75) is 111 Å². The molecule has 0 radical (unpaired) electrons. The number of carbonyl (C=O) groups excluding carboxylic acids is 9. The number of rotatable bonds is 22. The molecule has 0 aromatic heterocycles. The van der Waals surface area contributed by atoms with Gasteiger partial charge in [0, 0.05) is 70.3 Å². The summed E-state index contributed by atoms with van der Waals surface area (Å²) >= 11 is 0. The van der Waals surface area contributed by atoms with Gasteiger partial charge >= 0.3 is 5.97 Å². The first-order valence-corrected chi connectivity index (χ1v) is 15.1. The molecule has 14 heteroatoms. The Morgan fingerprint density at radius 1 is 0.818 bits per heavy atom. The minimum Gasteiger partial charge on any atom is -0.370 e. The van der Waals surface area contributed by atoms with Gasteiger partial charge in [-0.25, -0.2) is 4.79 Å². The molecule has 1 saturated heterocycles. The molecule has 4 N–H and O–H groups in total. The number of hydroxylamine groups is 2. The Balaban J connectivity index is 2.75. The van der Waals surface area contributed by atoms with Gasteiger partial charge < -0.3 is 21.2 Å². The summed E-state index contributed by atoms with van der Waals surface area (Å²) in [7, 11) is 0. The van der Waals surface area contributed by atoms with Crippen LogP contribution in [0.4, 0.5) is 0 Å². The highest BCUT2D eigenvalue weighted by Gasteiger charge is 2.33. The van der Waals surface area contributed by atoms with Crippen LogP contribution in [-0.4, -0.2) is 70.5 Å². The SMILES string of the molecule is CC(=O)NCCCCC(CC(=O)C(CCC(N)=O)CC(=O)C(NC(=O)CCCC(=O)ON1C(=O)CCC1=O)C(C)C)C(C)=O. The van der Waals surface area contributed by atoms with Crippen molar-refractivity contribution >= 4 is 52.9 Å². The topological polar surface area (TPSA) is 216 Å². The maximum Gasteiger partial charge on any atom is 0.333 e. The van der Waals surface area contributed by atoms with E-state index in [9.17, 15) is 43.2 Å². The Kier molecular flexibility index (Phi) is 16.7. The largest absolute Gasteiger partial charge is 0.370 e. The molecular formula is C30H46N4O10. The van der Waals surface area contributed by atoms with Gasteiger partial charge in [0.15, 0.2) is 5.78 Å². The van der Waals surface area contributed by atoms with E-state index in [1.165, 1.54) is 13.8 Å². The highest BCUT2D eigenvalue weighted by molar-refractivity contribution is 6.01. The second-order valence-electron chi connectivity index (χ2n) is 11.5. The fraction of sp³-hybridized carbons (Fsp3) is 0.700. The molecule has 0 saturated carbocycles. The summed E-state index contributed by atoms with van der Waals surface area (Å²) in [6.07, 6.45) is 0.799. The van der Waals surface area contributed by atoms with Crippen LogP contribution in [0.5, 0.6) is 0 Å². The predicted octanol–water partition coefficient (Wildman–Crippen LogP) is 1.22. The van der Waals surface area contributed by atoms with Crippen LogP contribution in [0.25, 0.3) is 0 Å². The third-order valence-corrected chi connectivity index (χ3v) is 7.33. The van der Waals surface area contributed by atoms with Gasteiger partial charge in [-0.05, 0) is 38.5 Å². The van der Waals surface area contributed by atoms with Gasteiger partial charge in [-0.1, -0.05) is 20.3 Å². The van der Waals surface area contributed by atoms with Gasteiger partial charge in [-0.2, -0.15) is 0 Å². The Hall–Kier alpha value is -3.97. The van der Waals surface area contributed by atoms with Crippen LogP contribution in [0.1, 0.15) is 105 Å². The van der Waals surface area contributed by atoms with E-state index < -0.39 is 53.3 Å². The number of amides is 5. The first kappa shape index (κ1) is 38.1. The second kappa shape index (κ2) is 19.3. The molecule has 5 amide bonds. The molecule has 0 aliphatic carbocycles. The van der Waals surface area contributed by atoms with E-state index in [4.69, 9.17) is 10.6 Å². The predicted molar refractivity (Wildman–Crippen MR) is 156 cm³/mol. The minimum absolute atomic E-state index is 0.0238. The summed E-state index contributed by atoms with van der Waals surface area (Å²) in [6, 6.07) is -0.949. The van der Waals surface area contributed by atoms with Gasteiger partial charge in [0.2, 0.25) is 17.7 Å². The van der Waals surface area contributed by atoms with Crippen LogP contribution >= 0.6 is 0 Å². The molecule has 1 aliphatic heterocycles. The Morgan fingerprint density at radius 3 is 1.98 bits per heavy atom. The molecule has 1 fully saturated rings. The average molecular weight is 623 g/mol. The Morgan fingerprint density at radius 2 is 1.43 bits per heavy atom. The quantitative estimate of drug-likeness (QED) is 0.116. The van der Waals surface area contributed by atoms with Crippen molar-refractivity contribution in [1.82, 2.24) is 15.7 Å². The molecule has 1 heterocycles. The number of unbranched alkanes of at least 4 members (excludes halogenated alkanes) is 1. The molecule has 0 spiro atoms. The van der Waals surface area contributed by atoms with Crippen molar-refractivity contribution in [2.75, 3.05) is 6.54 Å². The van der Waals surface area contributed by atoms with E-state index in [0.29, 0.717) is 30.9 Å². The molecular weight excluding hydrogens is 576 g/mol. The van der Waals surface area contributed by atoms with Crippen molar-refractivity contribution in [3.8, 4) is 0 Å². The second-order valence-corrected chi connectivity index (χ2v) is 11.5. The number of carbonyl (C=O) groups is 9. The normalized spacial score (nSPS) is 15.0. The number of primary amides is 1. The highest BCUT2D eigenvalue weighted by atomic mass is 16.7. The summed E-state index contributed by atoms with van der Waals surface area (Å²) in [6.45, 7) is 6.69. The number of imide groups is 1. The van der Waals surface area contributed by atoms with Crippen LogP contribution < -0.4 is 16.4 Å². The lowest BCUT2D eigenvalue weighted by Crippen LogP contribution is -2.45. The van der Waals surface area contributed by atoms with E-state index in [-0.39, 0.29) is 81.2 Å². The van der Waals surface area contributed by atoms with Crippen molar-refractivity contribution < 1.29 is 48.0 Å². The molecule has 246 valence electrons. The highest BCUT2D eigenvalue weighted by Crippen LogP contribution is 2.23. The molecule has 3 atom stereocenters. The van der Waals surface area contributed by atoms with Crippen LogP contribution in [0.3, 0.4) is 0 Å². The summed E-state index contributed by atoms with van der Waals surface area (Å²) in [4.78, 5) is 114. The van der Waals surface area contributed by atoms with Crippen LogP contribution in [0.15, 0.2) is 0 Å². The van der Waals surface area contributed by atoms with Crippen LogP contribution in [-0.2, 0) is 48.0 Å². The Labute approximate surface area is 257 Å². The van der Waals surface area contributed by atoms with E-state index in [1.807, 2.05) is 0 Å². The zero-order chi connectivity index (χ0) is 33.4. The number of nitrogens with one attached hydrogen (secondary N) is 2. The summed E-state index contributed by atoms with van der Waals surface area (Å²) in [5.41, 5.74) is 5.29. The number of hydrogen-bond acceptors (Lipinski definition) is 10. The monoisotopic (exact) mass is 622 g/mol. The van der Waals surface area contributed by atoms with Crippen molar-refractivity contribution in [1.29, 1.82) is 0 Å². The van der Waals surface area contributed by atoms with Crippen LogP contribution in [0, 0.1) is 17.8 Å². The molecule has 1 aliphatic rings. The van der Waals surface area contributed by atoms with E-state index in [1.54, 1.807) is 13.8 Å². The standard InChI is InChI=1S/C30H46N4O10/c1-18(2)30(33-26(40)9-7-10-29(43)44-34-27(41)13-14-28(34)42)24(38)17-22(11-12-25(31)39)23(37)16-21(19(3)35)8-5-6-15-32-20(4)36/h18,21-22,30H,5-17H2,1-4H3,(H2,31,39)(H,32,36)(H,33,40).